The molecule has 1 unspecified atom stereocenters. The van der Waals surface area contributed by atoms with Crippen molar-refractivity contribution in [3.63, 3.8) is 0 Å². The minimum absolute atomic E-state index is 0.0472. The minimum Gasteiger partial charge on any atom is -0.486 e. The summed E-state index contributed by atoms with van der Waals surface area (Å²) >= 11 is 5.64. The van der Waals surface area contributed by atoms with Crippen LogP contribution in [0.3, 0.4) is 0 Å². The number of nitrogens with one attached hydrogen (secondary N) is 2. The summed E-state index contributed by atoms with van der Waals surface area (Å²) in [7, 11) is 0. The molecular formula is C24H24N2O2S. The van der Waals surface area contributed by atoms with Crippen LogP contribution in [0.4, 0.5) is 5.69 Å². The normalized spacial score (nSPS) is 13.4. The summed E-state index contributed by atoms with van der Waals surface area (Å²) in [6.07, 6.45) is 0. The number of anilines is 1. The van der Waals surface area contributed by atoms with E-state index in [2.05, 4.69) is 54.8 Å². The van der Waals surface area contributed by atoms with Crippen LogP contribution >= 0.6 is 12.2 Å². The first kappa shape index (κ1) is 19.3. The fourth-order valence-electron chi connectivity index (χ4n) is 3.56. The third-order valence-corrected chi connectivity index (χ3v) is 5.16. The van der Waals surface area contributed by atoms with E-state index < -0.39 is 0 Å². The summed E-state index contributed by atoms with van der Waals surface area (Å²) in [6.45, 7) is 5.38. The number of hydrogen-bond acceptors (Lipinski definition) is 3. The monoisotopic (exact) mass is 404 g/mol. The molecule has 0 aliphatic carbocycles. The average Bonchev–Trinajstić information content (AvgIpc) is 2.73. The van der Waals surface area contributed by atoms with Gasteiger partial charge in [-0.2, -0.15) is 0 Å². The van der Waals surface area contributed by atoms with E-state index in [0.717, 1.165) is 22.7 Å². The van der Waals surface area contributed by atoms with Crippen molar-refractivity contribution in [2.24, 2.45) is 0 Å². The zero-order valence-corrected chi connectivity index (χ0v) is 17.4. The van der Waals surface area contributed by atoms with Crippen molar-refractivity contribution in [1.29, 1.82) is 0 Å². The number of aryl methyl sites for hydroxylation is 2. The van der Waals surface area contributed by atoms with E-state index in [1.165, 1.54) is 16.7 Å². The van der Waals surface area contributed by atoms with Gasteiger partial charge >= 0.3 is 0 Å². The Morgan fingerprint density at radius 2 is 1.66 bits per heavy atom. The van der Waals surface area contributed by atoms with Crippen molar-refractivity contribution in [3.05, 3.63) is 89.0 Å². The van der Waals surface area contributed by atoms with Gasteiger partial charge in [-0.15, -0.1) is 0 Å². The van der Waals surface area contributed by atoms with Gasteiger partial charge in [0.25, 0.3) is 0 Å². The largest absolute Gasteiger partial charge is 0.486 e. The van der Waals surface area contributed by atoms with Gasteiger partial charge in [-0.3, -0.25) is 0 Å². The molecule has 0 saturated heterocycles. The van der Waals surface area contributed by atoms with Crippen LogP contribution < -0.4 is 20.1 Å². The molecule has 4 nitrogen and oxygen atoms in total. The second kappa shape index (κ2) is 8.53. The summed E-state index contributed by atoms with van der Waals surface area (Å²) in [5.74, 6) is 1.50. The lowest BCUT2D eigenvalue weighted by molar-refractivity contribution is 0.171. The number of rotatable bonds is 4. The van der Waals surface area contributed by atoms with Crippen LogP contribution in [0.25, 0.3) is 0 Å². The maximum absolute atomic E-state index is 5.66. The molecule has 0 amide bonds. The lowest BCUT2D eigenvalue weighted by Crippen LogP contribution is -2.33. The fraction of sp³-hybridized carbons (Fsp3) is 0.208. The molecule has 0 radical (unpaired) electrons. The first-order valence-electron chi connectivity index (χ1n) is 9.69. The molecule has 0 spiro atoms. The van der Waals surface area contributed by atoms with Crippen molar-refractivity contribution < 1.29 is 9.47 Å². The predicted octanol–water partition coefficient (Wildman–Crippen LogP) is 5.15. The Morgan fingerprint density at radius 3 is 2.41 bits per heavy atom. The van der Waals surface area contributed by atoms with Crippen LogP contribution in [0.2, 0.25) is 0 Å². The van der Waals surface area contributed by atoms with Crippen molar-refractivity contribution in [1.82, 2.24) is 5.32 Å². The summed E-state index contributed by atoms with van der Waals surface area (Å²) < 4.78 is 11.2. The lowest BCUT2D eigenvalue weighted by Gasteiger charge is -2.24. The van der Waals surface area contributed by atoms with Crippen LogP contribution in [0, 0.1) is 13.8 Å². The van der Waals surface area contributed by atoms with Crippen molar-refractivity contribution in [2.45, 2.75) is 19.9 Å². The smallest absolute Gasteiger partial charge is 0.171 e. The van der Waals surface area contributed by atoms with E-state index in [9.17, 15) is 0 Å². The van der Waals surface area contributed by atoms with Crippen LogP contribution in [-0.2, 0) is 0 Å². The Kier molecular flexibility index (Phi) is 5.67. The minimum atomic E-state index is -0.0472. The quantitative estimate of drug-likeness (QED) is 0.589. The molecule has 2 N–H and O–H groups in total. The highest BCUT2D eigenvalue weighted by atomic mass is 32.1. The third kappa shape index (κ3) is 4.51. The van der Waals surface area contributed by atoms with Gasteiger partial charge < -0.3 is 20.1 Å². The van der Waals surface area contributed by atoms with Crippen molar-refractivity contribution in [2.75, 3.05) is 18.5 Å². The van der Waals surface area contributed by atoms with Gasteiger partial charge in [0.2, 0.25) is 0 Å². The second-order valence-corrected chi connectivity index (χ2v) is 7.57. The van der Waals surface area contributed by atoms with Crippen LogP contribution in [0.15, 0.2) is 66.7 Å². The van der Waals surface area contributed by atoms with E-state index in [1.54, 1.807) is 0 Å². The van der Waals surface area contributed by atoms with Gasteiger partial charge in [0.05, 0.1) is 6.04 Å². The fourth-order valence-corrected chi connectivity index (χ4v) is 3.79. The maximum atomic E-state index is 5.66. The highest BCUT2D eigenvalue weighted by molar-refractivity contribution is 7.80. The van der Waals surface area contributed by atoms with E-state index in [-0.39, 0.29) is 6.04 Å². The molecule has 29 heavy (non-hydrogen) atoms. The standard InChI is InChI=1S/C24H24N2O2S/c1-16-8-10-20(17(2)14-16)23(18-6-4-3-5-7-18)26-24(29)25-19-9-11-21-22(15-19)28-13-12-27-21/h3-11,14-15,23H,12-13H2,1-2H3,(H2,25,26,29). The Hall–Kier alpha value is -3.05. The Balaban J connectivity index is 1.57. The predicted molar refractivity (Wildman–Crippen MR) is 121 cm³/mol. The number of hydrogen-bond donors (Lipinski definition) is 2. The Bertz CT molecular complexity index is 1020. The molecule has 3 aromatic carbocycles. The van der Waals surface area contributed by atoms with Crippen molar-refractivity contribution in [3.8, 4) is 11.5 Å². The van der Waals surface area contributed by atoms with E-state index in [0.29, 0.717) is 18.3 Å². The average molecular weight is 405 g/mol. The van der Waals surface area contributed by atoms with Gasteiger partial charge in [-0.05, 0) is 54.9 Å². The van der Waals surface area contributed by atoms with Crippen LogP contribution in [0.1, 0.15) is 28.3 Å². The topological polar surface area (TPSA) is 42.5 Å². The number of thiocarbonyl (C=S) groups is 1. The molecular weight excluding hydrogens is 380 g/mol. The Labute approximate surface area is 176 Å². The summed E-state index contributed by atoms with van der Waals surface area (Å²) in [6, 6.07) is 22.6. The molecule has 5 heteroatoms. The number of ether oxygens (including phenoxy) is 2. The number of benzene rings is 3. The SMILES string of the molecule is Cc1ccc(C(NC(=S)Nc2ccc3c(c2)OCCO3)c2ccccc2)c(C)c1. The van der Waals surface area contributed by atoms with Gasteiger partial charge in [-0.1, -0.05) is 54.1 Å². The molecule has 1 atom stereocenters. The zero-order valence-electron chi connectivity index (χ0n) is 16.6. The molecule has 1 aliphatic heterocycles. The second-order valence-electron chi connectivity index (χ2n) is 7.16. The van der Waals surface area contributed by atoms with Crippen molar-refractivity contribution >= 4 is 23.0 Å². The third-order valence-electron chi connectivity index (χ3n) is 4.94. The maximum Gasteiger partial charge on any atom is 0.171 e. The van der Waals surface area contributed by atoms with Gasteiger partial charge in [-0.25, -0.2) is 0 Å². The van der Waals surface area contributed by atoms with Crippen LogP contribution in [0.5, 0.6) is 11.5 Å². The number of fused-ring (bicyclic) bond motifs is 1. The first-order chi connectivity index (χ1) is 14.1. The van der Waals surface area contributed by atoms with Crippen LogP contribution in [-0.4, -0.2) is 18.3 Å². The van der Waals surface area contributed by atoms with Gasteiger partial charge in [0.15, 0.2) is 16.6 Å². The lowest BCUT2D eigenvalue weighted by atomic mass is 9.94. The molecule has 1 aliphatic rings. The molecule has 148 valence electrons. The summed E-state index contributed by atoms with van der Waals surface area (Å²) in [5, 5.41) is 7.32. The van der Waals surface area contributed by atoms with Gasteiger partial charge in [0.1, 0.15) is 13.2 Å². The molecule has 0 bridgehead atoms. The molecule has 3 aromatic rings. The van der Waals surface area contributed by atoms with E-state index in [1.807, 2.05) is 36.4 Å². The van der Waals surface area contributed by atoms with E-state index >= 15 is 0 Å². The summed E-state index contributed by atoms with van der Waals surface area (Å²) in [5.41, 5.74) is 5.70. The first-order valence-corrected chi connectivity index (χ1v) is 10.1. The molecule has 0 fully saturated rings. The Morgan fingerprint density at radius 1 is 0.897 bits per heavy atom. The highest BCUT2D eigenvalue weighted by Crippen LogP contribution is 2.33. The highest BCUT2D eigenvalue weighted by Gasteiger charge is 2.18. The molecule has 1 heterocycles. The van der Waals surface area contributed by atoms with E-state index in [4.69, 9.17) is 21.7 Å². The van der Waals surface area contributed by atoms with Gasteiger partial charge in [0, 0.05) is 11.8 Å². The molecule has 0 aromatic heterocycles. The summed E-state index contributed by atoms with van der Waals surface area (Å²) in [4.78, 5) is 0. The molecule has 4 rings (SSSR count). The molecule has 0 saturated carbocycles. The zero-order chi connectivity index (χ0) is 20.2.